The van der Waals surface area contributed by atoms with Gasteiger partial charge in [0.2, 0.25) is 0 Å². The second-order valence-electron chi connectivity index (χ2n) is 14.8. The van der Waals surface area contributed by atoms with E-state index in [1.165, 1.54) is 66.3 Å². The van der Waals surface area contributed by atoms with E-state index < -0.39 is 0 Å². The highest BCUT2D eigenvalue weighted by atomic mass is 15.0. The molecule has 7 aromatic carbocycles. The number of aromatic nitrogens is 1. The van der Waals surface area contributed by atoms with E-state index in [1.807, 2.05) is 12.1 Å². The molecule has 0 N–H and O–H groups in total. The number of nitriles is 2. The number of hydrogen-bond donors (Lipinski definition) is 0. The van der Waals surface area contributed by atoms with E-state index in [-0.39, 0.29) is 10.8 Å². The van der Waals surface area contributed by atoms with Crippen molar-refractivity contribution in [2.75, 3.05) is 0 Å². The highest BCUT2D eigenvalue weighted by molar-refractivity contribution is 6.16. The van der Waals surface area contributed by atoms with Gasteiger partial charge in [0.25, 0.3) is 0 Å². The molecule has 0 unspecified atom stereocenters. The van der Waals surface area contributed by atoms with Crippen molar-refractivity contribution in [2.24, 2.45) is 0 Å². The van der Waals surface area contributed by atoms with Crippen molar-refractivity contribution in [3.8, 4) is 40.1 Å². The molecule has 0 atom stereocenters. The van der Waals surface area contributed by atoms with Crippen molar-refractivity contribution in [3.63, 3.8) is 0 Å². The summed E-state index contributed by atoms with van der Waals surface area (Å²) in [5.74, 6) is 0. The van der Waals surface area contributed by atoms with Crippen LogP contribution in [-0.2, 0) is 10.8 Å². The van der Waals surface area contributed by atoms with Crippen LogP contribution in [0.1, 0.15) is 61.1 Å². The molecule has 3 nitrogen and oxygen atoms in total. The Morgan fingerprint density at radius 1 is 0.449 bits per heavy atom. The first kappa shape index (κ1) is 27.9. The quantitative estimate of drug-likeness (QED) is 0.182. The molecular weight excluding hydrogens is 595 g/mol. The minimum atomic E-state index is -0.285. The minimum Gasteiger partial charge on any atom is -0.309 e. The third kappa shape index (κ3) is 3.40. The fourth-order valence-corrected chi connectivity index (χ4v) is 9.20. The summed E-state index contributed by atoms with van der Waals surface area (Å²) in [7, 11) is 0. The lowest BCUT2D eigenvalue weighted by Crippen LogP contribution is -2.15. The van der Waals surface area contributed by atoms with Gasteiger partial charge in [0.05, 0.1) is 34.3 Å². The number of para-hydroxylation sites is 1. The van der Waals surface area contributed by atoms with Gasteiger partial charge < -0.3 is 4.57 Å². The van der Waals surface area contributed by atoms with Gasteiger partial charge in [-0.1, -0.05) is 94.4 Å². The maximum Gasteiger partial charge on any atom is 0.0998 e. The van der Waals surface area contributed by atoms with Crippen LogP contribution in [0.25, 0.3) is 71.3 Å². The topological polar surface area (TPSA) is 52.5 Å². The van der Waals surface area contributed by atoms with Crippen molar-refractivity contribution in [1.82, 2.24) is 4.57 Å². The molecule has 1 heterocycles. The third-order valence-electron chi connectivity index (χ3n) is 11.6. The van der Waals surface area contributed by atoms with Crippen LogP contribution in [0.3, 0.4) is 0 Å². The van der Waals surface area contributed by atoms with Gasteiger partial charge in [-0.25, -0.2) is 0 Å². The third-order valence-corrected chi connectivity index (χ3v) is 11.6. The minimum absolute atomic E-state index is 0.285. The van der Waals surface area contributed by atoms with E-state index in [2.05, 4.69) is 148 Å². The van der Waals surface area contributed by atoms with Crippen molar-refractivity contribution in [1.29, 1.82) is 10.5 Å². The summed E-state index contributed by atoms with van der Waals surface area (Å²) in [6.07, 6.45) is 0. The van der Waals surface area contributed by atoms with Crippen LogP contribution in [0, 0.1) is 22.7 Å². The van der Waals surface area contributed by atoms with E-state index in [0.717, 1.165) is 38.4 Å². The summed E-state index contributed by atoms with van der Waals surface area (Å²) in [6.45, 7) is 9.18. The van der Waals surface area contributed by atoms with E-state index in [4.69, 9.17) is 0 Å². The van der Waals surface area contributed by atoms with Gasteiger partial charge in [-0.2, -0.15) is 10.5 Å². The van der Waals surface area contributed by atoms with Gasteiger partial charge in [-0.15, -0.1) is 0 Å². The van der Waals surface area contributed by atoms with Crippen LogP contribution < -0.4 is 0 Å². The molecule has 0 fully saturated rings. The zero-order chi connectivity index (χ0) is 33.4. The Hall–Kier alpha value is -6.16. The molecule has 0 saturated carbocycles. The predicted octanol–water partition coefficient (Wildman–Crippen LogP) is 11.4. The van der Waals surface area contributed by atoms with Gasteiger partial charge in [-0.05, 0) is 104 Å². The van der Waals surface area contributed by atoms with Crippen LogP contribution in [0.15, 0.2) is 115 Å². The van der Waals surface area contributed by atoms with Gasteiger partial charge in [0, 0.05) is 38.1 Å². The van der Waals surface area contributed by atoms with Crippen LogP contribution in [0.5, 0.6) is 0 Å². The van der Waals surface area contributed by atoms with E-state index >= 15 is 0 Å². The Morgan fingerprint density at radius 3 is 1.29 bits per heavy atom. The molecule has 0 aliphatic heterocycles. The molecule has 49 heavy (non-hydrogen) atoms. The highest BCUT2D eigenvalue weighted by Crippen LogP contribution is 2.56. The molecular formula is C46H31N3. The maximum absolute atomic E-state index is 10.2. The SMILES string of the molecule is CC1(C)c2cc3c(cc2-c2c1cc(C#N)c1ccccc21)c1cc2c(cc1n3-c1ccccc1)C(C)(C)c1cc(C#N)c3ccccc3c1-2. The molecule has 230 valence electrons. The van der Waals surface area contributed by atoms with Crippen LogP contribution >= 0.6 is 0 Å². The monoisotopic (exact) mass is 625 g/mol. The van der Waals surface area contributed by atoms with Gasteiger partial charge in [0.1, 0.15) is 0 Å². The summed E-state index contributed by atoms with van der Waals surface area (Å²) < 4.78 is 2.43. The summed E-state index contributed by atoms with van der Waals surface area (Å²) in [4.78, 5) is 0. The fourth-order valence-electron chi connectivity index (χ4n) is 9.20. The Bertz CT molecular complexity index is 2710. The van der Waals surface area contributed by atoms with Gasteiger partial charge >= 0.3 is 0 Å². The molecule has 1 aromatic heterocycles. The van der Waals surface area contributed by atoms with E-state index in [0.29, 0.717) is 0 Å². The van der Waals surface area contributed by atoms with Crippen molar-refractivity contribution < 1.29 is 0 Å². The molecule has 3 heteroatoms. The molecule has 8 aromatic rings. The van der Waals surface area contributed by atoms with Crippen molar-refractivity contribution in [3.05, 3.63) is 149 Å². The number of benzene rings is 7. The summed E-state index contributed by atoms with van der Waals surface area (Å²) in [6, 6.07) is 46.3. The van der Waals surface area contributed by atoms with Crippen LogP contribution in [-0.4, -0.2) is 4.57 Å². The summed E-state index contributed by atoms with van der Waals surface area (Å²) in [5, 5.41) is 27.0. The van der Waals surface area contributed by atoms with Crippen molar-refractivity contribution >= 4 is 43.4 Å². The molecule has 0 amide bonds. The predicted molar refractivity (Wildman–Crippen MR) is 200 cm³/mol. The zero-order valence-corrected chi connectivity index (χ0v) is 27.8. The molecule has 2 aliphatic rings. The normalized spacial score (nSPS) is 14.8. The second kappa shape index (κ2) is 9.25. The van der Waals surface area contributed by atoms with Crippen molar-refractivity contribution in [2.45, 2.75) is 38.5 Å². The Kier molecular flexibility index (Phi) is 5.27. The number of rotatable bonds is 1. The Balaban J connectivity index is 1.37. The Labute approximate surface area is 284 Å². The molecule has 0 bridgehead atoms. The highest BCUT2D eigenvalue weighted by Gasteiger charge is 2.40. The molecule has 0 radical (unpaired) electrons. The average Bonchev–Trinajstić information content (AvgIpc) is 3.65. The lowest BCUT2D eigenvalue weighted by Gasteiger charge is -2.22. The lowest BCUT2D eigenvalue weighted by molar-refractivity contribution is 0.661. The smallest absolute Gasteiger partial charge is 0.0998 e. The summed E-state index contributed by atoms with van der Waals surface area (Å²) in [5.41, 5.74) is 14.3. The maximum atomic E-state index is 10.2. The molecule has 10 rings (SSSR count). The van der Waals surface area contributed by atoms with Crippen LogP contribution in [0.4, 0.5) is 0 Å². The molecule has 2 aliphatic carbocycles. The lowest BCUT2D eigenvalue weighted by atomic mass is 9.81. The van der Waals surface area contributed by atoms with Gasteiger partial charge in [0.15, 0.2) is 0 Å². The van der Waals surface area contributed by atoms with E-state index in [9.17, 15) is 10.5 Å². The number of hydrogen-bond acceptors (Lipinski definition) is 2. The Morgan fingerprint density at radius 2 is 0.857 bits per heavy atom. The second-order valence-corrected chi connectivity index (χ2v) is 14.8. The fraction of sp³-hybridized carbons (Fsp3) is 0.130. The molecule has 0 saturated heterocycles. The first-order valence-electron chi connectivity index (χ1n) is 16.9. The number of nitrogens with zero attached hydrogens (tertiary/aromatic N) is 3. The van der Waals surface area contributed by atoms with Gasteiger partial charge in [-0.3, -0.25) is 0 Å². The standard InChI is InChI=1S/C46H31N3/c1-45(2)37-22-41-33(20-35(37)43-31-16-10-8-14-29(31)26(24-47)18-39(43)45)34-21-36-38(23-42(34)49(41)28-12-6-5-7-13-28)46(3,4)40-19-27(25-48)30-15-9-11-17-32(30)44(36)40/h5-23H,1-4H3. The summed E-state index contributed by atoms with van der Waals surface area (Å²) >= 11 is 0. The largest absolute Gasteiger partial charge is 0.309 e. The first-order valence-corrected chi connectivity index (χ1v) is 16.9. The zero-order valence-electron chi connectivity index (χ0n) is 27.8. The number of fused-ring (bicyclic) bond motifs is 13. The van der Waals surface area contributed by atoms with E-state index in [1.54, 1.807) is 0 Å². The first-order chi connectivity index (χ1) is 23.7. The van der Waals surface area contributed by atoms with Crippen LogP contribution in [0.2, 0.25) is 0 Å². The molecule has 0 spiro atoms. The average molecular weight is 626 g/mol.